The van der Waals surface area contributed by atoms with Gasteiger partial charge in [0.1, 0.15) is 5.82 Å². The van der Waals surface area contributed by atoms with E-state index in [1.165, 1.54) is 0 Å². The number of hydrogen-bond acceptors (Lipinski definition) is 2. The smallest absolute Gasteiger partial charge is 0.115 e. The Morgan fingerprint density at radius 3 is 2.79 bits per heavy atom. The lowest BCUT2D eigenvalue weighted by Crippen LogP contribution is -2.13. The monoisotopic (exact) mass is 188 g/mol. The number of aromatic nitrogens is 2. The van der Waals surface area contributed by atoms with E-state index in [0.717, 1.165) is 29.7 Å². The number of fused-ring (bicyclic) bond motifs is 1. The molecule has 1 fully saturated rings. The summed E-state index contributed by atoms with van der Waals surface area (Å²) in [6.07, 6.45) is 2.09. The lowest BCUT2D eigenvalue weighted by molar-refractivity contribution is 0.250. The van der Waals surface area contributed by atoms with E-state index in [1.54, 1.807) is 0 Å². The molecule has 0 atom stereocenters. The maximum absolute atomic E-state index is 9.28. The third-order valence-corrected chi connectivity index (χ3v) is 3.05. The van der Waals surface area contributed by atoms with Crippen molar-refractivity contribution in [2.45, 2.75) is 18.3 Å². The number of hydrogen-bond donors (Lipinski definition) is 2. The van der Waals surface area contributed by atoms with Gasteiger partial charge < -0.3 is 10.1 Å². The molecule has 0 saturated heterocycles. The molecule has 3 heteroatoms. The average molecular weight is 188 g/mol. The number of H-pyrrole nitrogens is 1. The minimum atomic E-state index is -0.0565. The summed E-state index contributed by atoms with van der Waals surface area (Å²) in [5, 5.41) is 9.28. The Labute approximate surface area is 81.8 Å². The molecular weight excluding hydrogens is 176 g/mol. The summed E-state index contributed by atoms with van der Waals surface area (Å²) in [5.74, 6) is 0.946. The highest BCUT2D eigenvalue weighted by Crippen LogP contribution is 2.46. The average Bonchev–Trinajstić information content (AvgIpc) is 2.91. The van der Waals surface area contributed by atoms with Gasteiger partial charge in [-0.25, -0.2) is 4.98 Å². The number of benzene rings is 1. The number of nitrogens with zero attached hydrogens (tertiary/aromatic N) is 1. The third kappa shape index (κ3) is 0.990. The molecule has 0 bridgehead atoms. The first-order valence-corrected chi connectivity index (χ1v) is 4.90. The molecule has 0 spiro atoms. The van der Waals surface area contributed by atoms with Gasteiger partial charge in [-0.1, -0.05) is 12.1 Å². The molecule has 3 nitrogen and oxygen atoms in total. The number of para-hydroxylation sites is 2. The SMILES string of the molecule is OCC1(c2nc3ccccc3[nH]2)CC1. The summed E-state index contributed by atoms with van der Waals surface area (Å²) in [4.78, 5) is 7.78. The maximum Gasteiger partial charge on any atom is 0.115 e. The second-order valence-corrected chi connectivity index (χ2v) is 4.04. The van der Waals surface area contributed by atoms with Crippen molar-refractivity contribution in [1.29, 1.82) is 0 Å². The zero-order chi connectivity index (χ0) is 9.60. The van der Waals surface area contributed by atoms with Gasteiger partial charge in [-0.15, -0.1) is 0 Å². The number of nitrogens with one attached hydrogen (secondary N) is 1. The maximum atomic E-state index is 9.28. The van der Waals surface area contributed by atoms with Crippen molar-refractivity contribution in [3.8, 4) is 0 Å². The Balaban J connectivity index is 2.15. The van der Waals surface area contributed by atoms with Crippen LogP contribution in [0.3, 0.4) is 0 Å². The number of imidazole rings is 1. The number of aromatic amines is 1. The molecule has 3 rings (SSSR count). The second kappa shape index (κ2) is 2.58. The van der Waals surface area contributed by atoms with Crippen LogP contribution in [0.2, 0.25) is 0 Å². The van der Waals surface area contributed by atoms with E-state index in [9.17, 15) is 5.11 Å². The molecule has 1 saturated carbocycles. The van der Waals surface area contributed by atoms with Gasteiger partial charge in [-0.2, -0.15) is 0 Å². The Kier molecular flexibility index (Phi) is 1.47. The van der Waals surface area contributed by atoms with E-state index >= 15 is 0 Å². The summed E-state index contributed by atoms with van der Waals surface area (Å²) in [6, 6.07) is 7.97. The Bertz CT molecular complexity index is 438. The van der Waals surface area contributed by atoms with Crippen LogP contribution in [-0.2, 0) is 5.41 Å². The first kappa shape index (κ1) is 8.00. The molecule has 1 aromatic heterocycles. The summed E-state index contributed by atoms with van der Waals surface area (Å²) in [6.45, 7) is 0.201. The van der Waals surface area contributed by atoms with E-state index in [1.807, 2.05) is 24.3 Å². The summed E-state index contributed by atoms with van der Waals surface area (Å²) in [7, 11) is 0. The van der Waals surface area contributed by atoms with Gasteiger partial charge in [0.15, 0.2) is 0 Å². The summed E-state index contributed by atoms with van der Waals surface area (Å²) in [5.41, 5.74) is 1.99. The zero-order valence-corrected chi connectivity index (χ0v) is 7.83. The van der Waals surface area contributed by atoms with Crippen molar-refractivity contribution in [3.63, 3.8) is 0 Å². The fourth-order valence-electron chi connectivity index (χ4n) is 1.82. The molecule has 2 aromatic rings. The van der Waals surface area contributed by atoms with Crippen molar-refractivity contribution in [2.75, 3.05) is 6.61 Å². The summed E-state index contributed by atoms with van der Waals surface area (Å²) < 4.78 is 0. The molecule has 1 aliphatic rings. The van der Waals surface area contributed by atoms with E-state index in [-0.39, 0.29) is 12.0 Å². The number of rotatable bonds is 2. The number of aliphatic hydroxyl groups is 1. The van der Waals surface area contributed by atoms with Crippen LogP contribution in [0.15, 0.2) is 24.3 Å². The molecule has 1 aromatic carbocycles. The van der Waals surface area contributed by atoms with Gasteiger partial charge in [0, 0.05) is 0 Å². The first-order chi connectivity index (χ1) is 6.84. The predicted molar refractivity (Wildman–Crippen MR) is 54.1 cm³/mol. The van der Waals surface area contributed by atoms with Gasteiger partial charge in [0.2, 0.25) is 0 Å². The molecule has 72 valence electrons. The third-order valence-electron chi connectivity index (χ3n) is 3.05. The van der Waals surface area contributed by atoms with Crippen LogP contribution in [0, 0.1) is 0 Å². The van der Waals surface area contributed by atoms with E-state index in [2.05, 4.69) is 9.97 Å². The Morgan fingerprint density at radius 1 is 1.36 bits per heavy atom. The van der Waals surface area contributed by atoms with Gasteiger partial charge in [0.05, 0.1) is 23.1 Å². The van der Waals surface area contributed by atoms with Crippen LogP contribution in [0.4, 0.5) is 0 Å². The summed E-state index contributed by atoms with van der Waals surface area (Å²) >= 11 is 0. The highest BCUT2D eigenvalue weighted by atomic mass is 16.3. The van der Waals surface area contributed by atoms with Crippen molar-refractivity contribution < 1.29 is 5.11 Å². The van der Waals surface area contributed by atoms with Crippen LogP contribution in [0.5, 0.6) is 0 Å². The standard InChI is InChI=1S/C11H12N2O/c14-7-11(5-6-11)10-12-8-3-1-2-4-9(8)13-10/h1-4,14H,5-7H2,(H,12,13). The molecule has 1 aliphatic carbocycles. The molecule has 1 heterocycles. The Hall–Kier alpha value is -1.35. The topological polar surface area (TPSA) is 48.9 Å². The first-order valence-electron chi connectivity index (χ1n) is 4.90. The van der Waals surface area contributed by atoms with Gasteiger partial charge in [0.25, 0.3) is 0 Å². The molecular formula is C11H12N2O. The Morgan fingerprint density at radius 2 is 2.14 bits per heavy atom. The second-order valence-electron chi connectivity index (χ2n) is 4.04. The lowest BCUT2D eigenvalue weighted by atomic mass is 10.1. The minimum Gasteiger partial charge on any atom is -0.395 e. The molecule has 0 unspecified atom stereocenters. The zero-order valence-electron chi connectivity index (χ0n) is 7.83. The molecule has 0 radical (unpaired) electrons. The van der Waals surface area contributed by atoms with Crippen LogP contribution in [0.1, 0.15) is 18.7 Å². The lowest BCUT2D eigenvalue weighted by Gasteiger charge is -2.05. The fourth-order valence-corrected chi connectivity index (χ4v) is 1.82. The van der Waals surface area contributed by atoms with Crippen LogP contribution in [0.25, 0.3) is 11.0 Å². The molecule has 0 amide bonds. The van der Waals surface area contributed by atoms with Crippen LogP contribution < -0.4 is 0 Å². The van der Waals surface area contributed by atoms with Crippen molar-refractivity contribution in [3.05, 3.63) is 30.1 Å². The quantitative estimate of drug-likeness (QED) is 0.751. The van der Waals surface area contributed by atoms with Crippen LogP contribution in [-0.4, -0.2) is 21.7 Å². The molecule has 2 N–H and O–H groups in total. The fraction of sp³-hybridized carbons (Fsp3) is 0.364. The molecule has 0 aliphatic heterocycles. The van der Waals surface area contributed by atoms with Gasteiger partial charge >= 0.3 is 0 Å². The van der Waals surface area contributed by atoms with E-state index in [4.69, 9.17) is 0 Å². The normalized spacial score (nSPS) is 18.6. The molecule has 14 heavy (non-hydrogen) atoms. The highest BCUT2D eigenvalue weighted by molar-refractivity contribution is 5.75. The minimum absolute atomic E-state index is 0.0565. The predicted octanol–water partition coefficient (Wildman–Crippen LogP) is 1.59. The highest BCUT2D eigenvalue weighted by Gasteiger charge is 2.46. The van der Waals surface area contributed by atoms with Gasteiger partial charge in [-0.05, 0) is 25.0 Å². The van der Waals surface area contributed by atoms with Crippen LogP contribution >= 0.6 is 0 Å². The van der Waals surface area contributed by atoms with Crippen molar-refractivity contribution >= 4 is 11.0 Å². The number of aliphatic hydroxyl groups excluding tert-OH is 1. The van der Waals surface area contributed by atoms with Crippen molar-refractivity contribution in [2.24, 2.45) is 0 Å². The van der Waals surface area contributed by atoms with Crippen molar-refractivity contribution in [1.82, 2.24) is 9.97 Å². The largest absolute Gasteiger partial charge is 0.395 e. The van der Waals surface area contributed by atoms with Gasteiger partial charge in [-0.3, -0.25) is 0 Å². The van der Waals surface area contributed by atoms with E-state index in [0.29, 0.717) is 0 Å². The van der Waals surface area contributed by atoms with E-state index < -0.39 is 0 Å².